The average molecular weight is 173 g/mol. The Balaban J connectivity index is 4.14. The predicted octanol–water partition coefficient (Wildman–Crippen LogP) is 0.104. The van der Waals surface area contributed by atoms with E-state index in [1.54, 1.807) is 13.8 Å². The number of ketones is 1. The molecule has 0 saturated heterocycles. The van der Waals surface area contributed by atoms with Crippen LogP contribution in [0.3, 0.4) is 0 Å². The molecule has 0 aromatic heterocycles. The normalized spacial score (nSPS) is 12.2. The topological polar surface area (TPSA) is 69.4 Å². The van der Waals surface area contributed by atoms with Crippen LogP contribution in [0.15, 0.2) is 0 Å². The van der Waals surface area contributed by atoms with E-state index in [-0.39, 0.29) is 12.3 Å². The quantitative estimate of drug-likeness (QED) is 0.473. The third kappa shape index (κ3) is 3.00. The monoisotopic (exact) mass is 173 g/mol. The summed E-state index contributed by atoms with van der Waals surface area (Å²) in [5, 5.41) is 0. The van der Waals surface area contributed by atoms with E-state index in [1.807, 2.05) is 0 Å². The maximum Gasteiger partial charge on any atom is 0.316 e. The van der Waals surface area contributed by atoms with Crippen LogP contribution in [0.4, 0.5) is 0 Å². The Morgan fingerprint density at radius 3 is 2.33 bits per heavy atom. The van der Waals surface area contributed by atoms with Crippen LogP contribution in [0, 0.1) is 5.92 Å². The Morgan fingerprint density at radius 2 is 2.00 bits per heavy atom. The first-order valence-electron chi connectivity index (χ1n) is 4.06. The molecule has 70 valence electrons. The standard InChI is InChI=1S/C8H15NO3/c1-3-6(7(10)5-9)8(11)12-4-2/h6H,3-5,9H2,1-2H3. The van der Waals surface area contributed by atoms with Crippen molar-refractivity contribution in [1.29, 1.82) is 0 Å². The van der Waals surface area contributed by atoms with Crippen LogP contribution in [0.5, 0.6) is 0 Å². The van der Waals surface area contributed by atoms with Crippen molar-refractivity contribution >= 4 is 11.8 Å². The molecule has 0 amide bonds. The van der Waals surface area contributed by atoms with Crippen molar-refractivity contribution in [3.8, 4) is 0 Å². The zero-order chi connectivity index (χ0) is 9.56. The molecule has 0 aromatic rings. The molecule has 0 aliphatic rings. The highest BCUT2D eigenvalue weighted by molar-refractivity contribution is 5.99. The average Bonchev–Trinajstić information content (AvgIpc) is 2.06. The highest BCUT2D eigenvalue weighted by Crippen LogP contribution is 2.05. The molecule has 0 spiro atoms. The van der Waals surface area contributed by atoms with Gasteiger partial charge in [-0.2, -0.15) is 0 Å². The first kappa shape index (κ1) is 11.1. The number of carbonyl (C=O) groups excluding carboxylic acids is 2. The zero-order valence-electron chi connectivity index (χ0n) is 7.50. The molecule has 0 radical (unpaired) electrons. The van der Waals surface area contributed by atoms with Gasteiger partial charge in [0, 0.05) is 0 Å². The minimum atomic E-state index is -0.671. The first-order valence-corrected chi connectivity index (χ1v) is 4.06. The van der Waals surface area contributed by atoms with Crippen molar-refractivity contribution in [2.24, 2.45) is 11.7 Å². The van der Waals surface area contributed by atoms with E-state index in [1.165, 1.54) is 0 Å². The van der Waals surface area contributed by atoms with Gasteiger partial charge in [0.05, 0.1) is 13.2 Å². The van der Waals surface area contributed by atoms with E-state index in [0.29, 0.717) is 13.0 Å². The molecule has 4 nitrogen and oxygen atoms in total. The van der Waals surface area contributed by atoms with Crippen LogP contribution >= 0.6 is 0 Å². The van der Waals surface area contributed by atoms with Gasteiger partial charge in [0.2, 0.25) is 0 Å². The predicted molar refractivity (Wildman–Crippen MR) is 44.5 cm³/mol. The van der Waals surface area contributed by atoms with Crippen LogP contribution in [-0.2, 0) is 14.3 Å². The fourth-order valence-corrected chi connectivity index (χ4v) is 0.911. The van der Waals surface area contributed by atoms with Gasteiger partial charge < -0.3 is 10.5 Å². The largest absolute Gasteiger partial charge is 0.465 e. The van der Waals surface area contributed by atoms with E-state index in [9.17, 15) is 9.59 Å². The maximum atomic E-state index is 11.1. The van der Waals surface area contributed by atoms with Crippen LogP contribution in [0.2, 0.25) is 0 Å². The molecule has 1 atom stereocenters. The summed E-state index contributed by atoms with van der Waals surface area (Å²) in [6.45, 7) is 3.66. The summed E-state index contributed by atoms with van der Waals surface area (Å²) in [7, 11) is 0. The fourth-order valence-electron chi connectivity index (χ4n) is 0.911. The van der Waals surface area contributed by atoms with Gasteiger partial charge in [-0.3, -0.25) is 9.59 Å². The lowest BCUT2D eigenvalue weighted by Gasteiger charge is -2.10. The summed E-state index contributed by atoms with van der Waals surface area (Å²) in [6, 6.07) is 0. The molecule has 4 heteroatoms. The summed E-state index contributed by atoms with van der Waals surface area (Å²) in [5.74, 6) is -1.39. The number of carbonyl (C=O) groups is 2. The molecular weight excluding hydrogens is 158 g/mol. The lowest BCUT2D eigenvalue weighted by atomic mass is 10.0. The van der Waals surface area contributed by atoms with E-state index < -0.39 is 11.9 Å². The molecule has 0 fully saturated rings. The smallest absolute Gasteiger partial charge is 0.316 e. The van der Waals surface area contributed by atoms with E-state index >= 15 is 0 Å². The Kier molecular flexibility index (Phi) is 5.28. The molecule has 0 rings (SSSR count). The molecule has 1 unspecified atom stereocenters. The number of rotatable bonds is 5. The summed E-state index contributed by atoms with van der Waals surface area (Å²) < 4.78 is 4.70. The molecule has 0 saturated carbocycles. The van der Waals surface area contributed by atoms with Gasteiger partial charge in [-0.15, -0.1) is 0 Å². The molecule has 0 aliphatic heterocycles. The summed E-state index contributed by atoms with van der Waals surface area (Å²) in [4.78, 5) is 22.1. The lowest BCUT2D eigenvalue weighted by molar-refractivity contribution is -0.151. The van der Waals surface area contributed by atoms with E-state index in [4.69, 9.17) is 10.5 Å². The van der Waals surface area contributed by atoms with Gasteiger partial charge >= 0.3 is 5.97 Å². The Bertz CT molecular complexity index is 168. The Labute approximate surface area is 72.1 Å². The summed E-state index contributed by atoms with van der Waals surface area (Å²) in [6.07, 6.45) is 0.453. The minimum Gasteiger partial charge on any atom is -0.465 e. The van der Waals surface area contributed by atoms with Gasteiger partial charge in [0.15, 0.2) is 5.78 Å². The number of Topliss-reactive ketones (excluding diaryl/α,β-unsaturated/α-hetero) is 1. The summed E-state index contributed by atoms with van der Waals surface area (Å²) in [5.41, 5.74) is 5.13. The van der Waals surface area contributed by atoms with Crippen molar-refractivity contribution in [2.45, 2.75) is 20.3 Å². The molecule has 2 N–H and O–H groups in total. The van der Waals surface area contributed by atoms with Crippen molar-refractivity contribution < 1.29 is 14.3 Å². The third-order valence-corrected chi connectivity index (χ3v) is 1.57. The van der Waals surface area contributed by atoms with Crippen molar-refractivity contribution in [2.75, 3.05) is 13.2 Å². The zero-order valence-corrected chi connectivity index (χ0v) is 7.50. The van der Waals surface area contributed by atoms with Crippen LogP contribution in [0.25, 0.3) is 0 Å². The van der Waals surface area contributed by atoms with Crippen LogP contribution in [-0.4, -0.2) is 24.9 Å². The van der Waals surface area contributed by atoms with Crippen molar-refractivity contribution in [3.63, 3.8) is 0 Å². The Morgan fingerprint density at radius 1 is 1.42 bits per heavy atom. The van der Waals surface area contributed by atoms with Gasteiger partial charge in [0.1, 0.15) is 5.92 Å². The molecular formula is C8H15NO3. The highest BCUT2D eigenvalue weighted by atomic mass is 16.5. The van der Waals surface area contributed by atoms with Crippen LogP contribution in [0.1, 0.15) is 20.3 Å². The number of hydrogen-bond acceptors (Lipinski definition) is 4. The second kappa shape index (κ2) is 5.71. The number of ether oxygens (including phenoxy) is 1. The summed E-state index contributed by atoms with van der Waals surface area (Å²) >= 11 is 0. The second-order valence-electron chi connectivity index (χ2n) is 2.38. The molecule has 0 aliphatic carbocycles. The molecule has 0 aromatic carbocycles. The van der Waals surface area contributed by atoms with Crippen molar-refractivity contribution in [1.82, 2.24) is 0 Å². The van der Waals surface area contributed by atoms with Crippen molar-refractivity contribution in [3.05, 3.63) is 0 Å². The highest BCUT2D eigenvalue weighted by Gasteiger charge is 2.24. The lowest BCUT2D eigenvalue weighted by Crippen LogP contribution is -2.30. The van der Waals surface area contributed by atoms with Gasteiger partial charge in [-0.25, -0.2) is 0 Å². The molecule has 12 heavy (non-hydrogen) atoms. The van der Waals surface area contributed by atoms with Gasteiger partial charge in [-0.05, 0) is 13.3 Å². The van der Waals surface area contributed by atoms with E-state index in [0.717, 1.165) is 0 Å². The maximum absolute atomic E-state index is 11.1. The second-order valence-corrected chi connectivity index (χ2v) is 2.38. The van der Waals surface area contributed by atoms with Crippen LogP contribution < -0.4 is 5.73 Å². The number of hydrogen-bond donors (Lipinski definition) is 1. The number of esters is 1. The number of nitrogens with two attached hydrogens (primary N) is 1. The van der Waals surface area contributed by atoms with Gasteiger partial charge in [0.25, 0.3) is 0 Å². The third-order valence-electron chi connectivity index (χ3n) is 1.57. The SMILES string of the molecule is CCOC(=O)C(CC)C(=O)CN. The molecule has 0 heterocycles. The Hall–Kier alpha value is -0.900. The van der Waals surface area contributed by atoms with E-state index in [2.05, 4.69) is 0 Å². The van der Waals surface area contributed by atoms with Gasteiger partial charge in [-0.1, -0.05) is 6.92 Å². The minimum absolute atomic E-state index is 0.0999. The fraction of sp³-hybridized carbons (Fsp3) is 0.750. The first-order chi connectivity index (χ1) is 5.67. The molecule has 0 bridgehead atoms.